The normalized spacial score (nSPS) is 21.3. The molecule has 0 aliphatic carbocycles. The van der Waals surface area contributed by atoms with E-state index in [4.69, 9.17) is 4.74 Å². The lowest BCUT2D eigenvalue weighted by atomic mass is 9.86. The molecule has 5 nitrogen and oxygen atoms in total. The maximum absolute atomic E-state index is 12.5. The van der Waals surface area contributed by atoms with E-state index in [9.17, 15) is 14.7 Å². The van der Waals surface area contributed by atoms with E-state index in [1.54, 1.807) is 20.8 Å². The molecule has 1 atom stereocenters. The van der Waals surface area contributed by atoms with E-state index in [0.29, 0.717) is 19.4 Å². The third kappa shape index (κ3) is 3.66. The van der Waals surface area contributed by atoms with Gasteiger partial charge in [-0.3, -0.25) is 4.90 Å². The first kappa shape index (κ1) is 17.3. The number of benzene rings is 1. The summed E-state index contributed by atoms with van der Waals surface area (Å²) in [6, 6.07) is 7.61. The zero-order valence-corrected chi connectivity index (χ0v) is 14.2. The Morgan fingerprint density at radius 3 is 2.52 bits per heavy atom. The van der Waals surface area contributed by atoms with Crippen LogP contribution in [-0.4, -0.2) is 34.6 Å². The molecule has 0 N–H and O–H groups in total. The van der Waals surface area contributed by atoms with Gasteiger partial charge >= 0.3 is 6.09 Å². The maximum Gasteiger partial charge on any atom is 0.411 e. The monoisotopic (exact) mass is 318 g/mol. The molecule has 1 aromatic rings. The fourth-order valence-corrected chi connectivity index (χ4v) is 3.05. The lowest BCUT2D eigenvalue weighted by Gasteiger charge is -2.40. The first-order chi connectivity index (χ1) is 10.7. The summed E-state index contributed by atoms with van der Waals surface area (Å²) < 4.78 is 5.39. The van der Waals surface area contributed by atoms with Gasteiger partial charge in [0, 0.05) is 13.0 Å². The van der Waals surface area contributed by atoms with Gasteiger partial charge in [0.1, 0.15) is 5.60 Å². The maximum atomic E-state index is 12.5. The van der Waals surface area contributed by atoms with Crippen LogP contribution in [0.15, 0.2) is 24.3 Å². The topological polar surface area (TPSA) is 69.7 Å². The minimum absolute atomic E-state index is 0.237. The molecule has 5 heteroatoms. The molecule has 1 saturated heterocycles. The standard InChI is InChI=1S/C18H25NO4/c1-13-8-5-6-9-14(13)12-18(15(20)21)10-7-11-19(18)16(22)23-17(2,3)4/h5-6,8-9H,7,10-12H2,1-4H3,(H,20,21)/p-1/t18-/m0/s1. The second-order valence-corrected chi connectivity index (χ2v) is 7.16. The van der Waals surface area contributed by atoms with Crippen molar-refractivity contribution in [2.75, 3.05) is 6.54 Å². The molecule has 23 heavy (non-hydrogen) atoms. The Bertz CT molecular complexity index is 605. The molecular weight excluding hydrogens is 294 g/mol. The van der Waals surface area contributed by atoms with Crippen LogP contribution in [0.25, 0.3) is 0 Å². The zero-order valence-electron chi connectivity index (χ0n) is 14.2. The molecule has 1 aromatic carbocycles. The SMILES string of the molecule is Cc1ccccc1C[C@]1(C(=O)[O-])CCCN1C(=O)OC(C)(C)C. The Morgan fingerprint density at radius 1 is 1.30 bits per heavy atom. The van der Waals surface area contributed by atoms with Crippen LogP contribution in [0.2, 0.25) is 0 Å². The highest BCUT2D eigenvalue weighted by atomic mass is 16.6. The predicted molar refractivity (Wildman–Crippen MR) is 84.8 cm³/mol. The second-order valence-electron chi connectivity index (χ2n) is 7.16. The summed E-state index contributed by atoms with van der Waals surface area (Å²) in [5.41, 5.74) is -0.0922. The van der Waals surface area contributed by atoms with E-state index in [-0.39, 0.29) is 6.42 Å². The van der Waals surface area contributed by atoms with E-state index >= 15 is 0 Å². The first-order valence-corrected chi connectivity index (χ1v) is 7.92. The molecule has 126 valence electrons. The third-order valence-electron chi connectivity index (χ3n) is 4.23. The highest BCUT2D eigenvalue weighted by Crippen LogP contribution is 2.34. The number of hydrogen-bond acceptors (Lipinski definition) is 4. The second kappa shape index (κ2) is 6.22. The van der Waals surface area contributed by atoms with Gasteiger partial charge in [-0.1, -0.05) is 24.3 Å². The van der Waals surface area contributed by atoms with Gasteiger partial charge in [-0.05, 0) is 51.7 Å². The van der Waals surface area contributed by atoms with Gasteiger partial charge in [-0.2, -0.15) is 0 Å². The molecule has 0 unspecified atom stereocenters. The van der Waals surface area contributed by atoms with E-state index in [0.717, 1.165) is 11.1 Å². The number of carboxylic acid groups (broad SMARTS) is 1. The van der Waals surface area contributed by atoms with E-state index in [1.807, 2.05) is 31.2 Å². The van der Waals surface area contributed by atoms with Crippen LogP contribution >= 0.6 is 0 Å². The highest BCUT2D eigenvalue weighted by Gasteiger charge is 2.46. The highest BCUT2D eigenvalue weighted by molar-refractivity contribution is 5.84. The third-order valence-corrected chi connectivity index (χ3v) is 4.23. The molecule has 1 fully saturated rings. The lowest BCUT2D eigenvalue weighted by molar-refractivity contribution is -0.317. The number of carbonyl (C=O) groups excluding carboxylic acids is 2. The lowest BCUT2D eigenvalue weighted by Crippen LogP contribution is -2.60. The number of nitrogens with zero attached hydrogens (tertiary/aromatic N) is 1. The van der Waals surface area contributed by atoms with Crippen molar-refractivity contribution in [1.29, 1.82) is 0 Å². The quantitative estimate of drug-likeness (QED) is 0.855. The van der Waals surface area contributed by atoms with Crippen molar-refractivity contribution < 1.29 is 19.4 Å². The molecular formula is C18H24NO4-. The Kier molecular flexibility index (Phi) is 4.68. The number of carbonyl (C=O) groups is 2. The molecule has 2 rings (SSSR count). The molecule has 1 aliphatic heterocycles. The average Bonchev–Trinajstić information content (AvgIpc) is 2.84. The van der Waals surface area contributed by atoms with Crippen LogP contribution in [0, 0.1) is 6.92 Å². The molecule has 0 radical (unpaired) electrons. The van der Waals surface area contributed by atoms with Crippen molar-refractivity contribution in [3.05, 3.63) is 35.4 Å². The summed E-state index contributed by atoms with van der Waals surface area (Å²) in [5, 5.41) is 12.0. The molecule has 1 aliphatic rings. The van der Waals surface area contributed by atoms with Gasteiger partial charge in [0.25, 0.3) is 0 Å². The van der Waals surface area contributed by atoms with Crippen LogP contribution < -0.4 is 5.11 Å². The number of aliphatic carboxylic acids is 1. The molecule has 1 amide bonds. The van der Waals surface area contributed by atoms with Crippen molar-refractivity contribution in [1.82, 2.24) is 4.90 Å². The van der Waals surface area contributed by atoms with Gasteiger partial charge in [0.15, 0.2) is 0 Å². The smallest absolute Gasteiger partial charge is 0.411 e. The van der Waals surface area contributed by atoms with Crippen molar-refractivity contribution in [3.8, 4) is 0 Å². The minimum Gasteiger partial charge on any atom is -0.548 e. The number of rotatable bonds is 3. The number of carboxylic acids is 1. The molecule has 0 saturated carbocycles. The predicted octanol–water partition coefficient (Wildman–Crippen LogP) is 2.06. The number of likely N-dealkylation sites (tertiary alicyclic amines) is 1. The molecule has 0 spiro atoms. The Balaban J connectivity index is 2.33. The Morgan fingerprint density at radius 2 is 1.96 bits per heavy atom. The van der Waals surface area contributed by atoms with Crippen molar-refractivity contribution in [2.24, 2.45) is 0 Å². The average molecular weight is 318 g/mol. The van der Waals surface area contributed by atoms with E-state index in [2.05, 4.69) is 0 Å². The van der Waals surface area contributed by atoms with Crippen LogP contribution in [0.5, 0.6) is 0 Å². The van der Waals surface area contributed by atoms with Crippen molar-refractivity contribution in [3.63, 3.8) is 0 Å². The van der Waals surface area contributed by atoms with Gasteiger partial charge in [0.05, 0.1) is 11.5 Å². The van der Waals surface area contributed by atoms with Gasteiger partial charge < -0.3 is 14.6 Å². The zero-order chi connectivity index (χ0) is 17.3. The fourth-order valence-electron chi connectivity index (χ4n) is 3.05. The largest absolute Gasteiger partial charge is 0.548 e. The van der Waals surface area contributed by atoms with E-state index < -0.39 is 23.2 Å². The van der Waals surface area contributed by atoms with Crippen LogP contribution in [0.1, 0.15) is 44.7 Å². The molecule has 0 bridgehead atoms. The molecule has 0 aromatic heterocycles. The minimum atomic E-state index is -1.34. The van der Waals surface area contributed by atoms with Crippen LogP contribution in [0.4, 0.5) is 4.79 Å². The van der Waals surface area contributed by atoms with Gasteiger partial charge in [-0.25, -0.2) is 4.79 Å². The van der Waals surface area contributed by atoms with Gasteiger partial charge in [0.2, 0.25) is 0 Å². The van der Waals surface area contributed by atoms with E-state index in [1.165, 1.54) is 4.90 Å². The summed E-state index contributed by atoms with van der Waals surface area (Å²) in [6.07, 6.45) is 0.649. The number of hydrogen-bond donors (Lipinski definition) is 0. The van der Waals surface area contributed by atoms with Gasteiger partial charge in [-0.15, -0.1) is 0 Å². The number of ether oxygens (including phenoxy) is 1. The number of amides is 1. The Labute approximate surface area is 137 Å². The summed E-state index contributed by atoms with van der Waals surface area (Å²) in [4.78, 5) is 25.8. The number of aryl methyl sites for hydroxylation is 1. The van der Waals surface area contributed by atoms with Crippen molar-refractivity contribution >= 4 is 12.1 Å². The fraction of sp³-hybridized carbons (Fsp3) is 0.556. The summed E-state index contributed by atoms with van der Waals surface area (Å²) in [6.45, 7) is 7.61. The summed E-state index contributed by atoms with van der Waals surface area (Å²) >= 11 is 0. The Hall–Kier alpha value is -2.04. The van der Waals surface area contributed by atoms with Crippen molar-refractivity contribution in [2.45, 2.75) is 58.1 Å². The van der Waals surface area contributed by atoms with Crippen LogP contribution in [-0.2, 0) is 16.0 Å². The summed E-state index contributed by atoms with van der Waals surface area (Å²) in [7, 11) is 0. The molecule has 1 heterocycles. The van der Waals surface area contributed by atoms with Crippen LogP contribution in [0.3, 0.4) is 0 Å². The first-order valence-electron chi connectivity index (χ1n) is 7.92. The summed E-state index contributed by atoms with van der Waals surface area (Å²) in [5.74, 6) is -1.22.